The van der Waals surface area contributed by atoms with Gasteiger partial charge in [0.25, 0.3) is 0 Å². The Balaban J connectivity index is 2.10. The van der Waals surface area contributed by atoms with Gasteiger partial charge in [0.2, 0.25) is 0 Å². The maximum absolute atomic E-state index is 6.02. The fourth-order valence-corrected chi connectivity index (χ4v) is 1.79. The molecule has 0 spiro atoms. The van der Waals surface area contributed by atoms with Gasteiger partial charge in [-0.05, 0) is 24.3 Å². The van der Waals surface area contributed by atoms with Crippen molar-refractivity contribution in [3.63, 3.8) is 0 Å². The lowest BCUT2D eigenvalue weighted by Crippen LogP contribution is -1.99. The summed E-state index contributed by atoms with van der Waals surface area (Å²) in [5.74, 6) is 0.606. The molecular weight excluding hydrogens is 257 g/mol. The van der Waals surface area contributed by atoms with E-state index in [1.54, 1.807) is 18.2 Å². The van der Waals surface area contributed by atoms with Crippen molar-refractivity contribution in [1.82, 2.24) is 0 Å². The Kier molecular flexibility index (Phi) is 3.77. The van der Waals surface area contributed by atoms with Gasteiger partial charge in [-0.3, -0.25) is 0 Å². The number of hydrogen-bond acceptors (Lipinski definition) is 2. The fraction of sp³-hybridized carbons (Fsp3) is 0.0769. The molecule has 0 saturated heterocycles. The summed E-state index contributed by atoms with van der Waals surface area (Å²) in [5.41, 5.74) is 7.22. The Morgan fingerprint density at radius 2 is 1.82 bits per heavy atom. The summed E-state index contributed by atoms with van der Waals surface area (Å²) < 4.78 is 5.59. The van der Waals surface area contributed by atoms with Crippen LogP contribution in [-0.4, -0.2) is 0 Å². The van der Waals surface area contributed by atoms with Gasteiger partial charge in [-0.2, -0.15) is 0 Å². The van der Waals surface area contributed by atoms with E-state index in [0.717, 1.165) is 5.56 Å². The zero-order valence-corrected chi connectivity index (χ0v) is 10.5. The molecule has 0 unspecified atom stereocenters. The molecule has 2 aromatic carbocycles. The van der Waals surface area contributed by atoms with E-state index in [4.69, 9.17) is 33.7 Å². The van der Waals surface area contributed by atoms with Crippen LogP contribution in [0.5, 0.6) is 5.75 Å². The number of halogens is 2. The van der Waals surface area contributed by atoms with Gasteiger partial charge in [-0.25, -0.2) is 0 Å². The molecule has 0 saturated carbocycles. The van der Waals surface area contributed by atoms with Crippen molar-refractivity contribution < 1.29 is 4.74 Å². The average Bonchev–Trinajstić information content (AvgIpc) is 2.30. The minimum atomic E-state index is 0.380. The molecule has 0 atom stereocenters. The third-order valence-corrected chi connectivity index (χ3v) is 2.92. The first-order valence-corrected chi connectivity index (χ1v) is 5.83. The Hall–Kier alpha value is -1.38. The van der Waals surface area contributed by atoms with Gasteiger partial charge < -0.3 is 10.5 Å². The SMILES string of the molecule is Nc1cc(Cl)ccc1OCc1ccccc1Cl. The van der Waals surface area contributed by atoms with E-state index in [0.29, 0.717) is 28.1 Å². The van der Waals surface area contributed by atoms with Crippen molar-refractivity contribution in [3.8, 4) is 5.75 Å². The Morgan fingerprint density at radius 3 is 2.53 bits per heavy atom. The smallest absolute Gasteiger partial charge is 0.142 e. The van der Waals surface area contributed by atoms with E-state index in [9.17, 15) is 0 Å². The minimum absolute atomic E-state index is 0.380. The van der Waals surface area contributed by atoms with E-state index < -0.39 is 0 Å². The largest absolute Gasteiger partial charge is 0.487 e. The van der Waals surface area contributed by atoms with Crippen LogP contribution in [0.25, 0.3) is 0 Å². The van der Waals surface area contributed by atoms with Crippen LogP contribution in [0.15, 0.2) is 42.5 Å². The van der Waals surface area contributed by atoms with E-state index in [2.05, 4.69) is 0 Å². The molecule has 0 aliphatic rings. The number of nitrogens with two attached hydrogens (primary N) is 1. The first-order chi connectivity index (χ1) is 8.16. The van der Waals surface area contributed by atoms with Crippen molar-refractivity contribution in [2.24, 2.45) is 0 Å². The molecule has 0 radical (unpaired) electrons. The van der Waals surface area contributed by atoms with Crippen molar-refractivity contribution in [1.29, 1.82) is 0 Å². The highest BCUT2D eigenvalue weighted by Crippen LogP contribution is 2.26. The molecule has 88 valence electrons. The summed E-state index contributed by atoms with van der Waals surface area (Å²) in [4.78, 5) is 0. The van der Waals surface area contributed by atoms with Gasteiger partial charge in [0, 0.05) is 15.6 Å². The topological polar surface area (TPSA) is 35.2 Å². The van der Waals surface area contributed by atoms with E-state index in [-0.39, 0.29) is 0 Å². The zero-order valence-electron chi connectivity index (χ0n) is 8.99. The summed E-state index contributed by atoms with van der Waals surface area (Å²) >= 11 is 11.8. The van der Waals surface area contributed by atoms with Crippen molar-refractivity contribution in [3.05, 3.63) is 58.1 Å². The predicted octanol–water partition coefficient (Wildman–Crippen LogP) is 4.15. The Bertz CT molecular complexity index is 529. The van der Waals surface area contributed by atoms with Crippen LogP contribution in [0.4, 0.5) is 5.69 Å². The van der Waals surface area contributed by atoms with Gasteiger partial charge in [0.1, 0.15) is 12.4 Å². The van der Waals surface area contributed by atoms with Gasteiger partial charge in [-0.1, -0.05) is 41.4 Å². The maximum atomic E-state index is 6.02. The molecule has 0 aliphatic carbocycles. The standard InChI is InChI=1S/C13H11Cl2NO/c14-10-5-6-13(12(16)7-10)17-8-9-3-1-2-4-11(9)15/h1-7H,8,16H2. The molecule has 4 heteroatoms. The first-order valence-electron chi connectivity index (χ1n) is 5.08. The molecule has 2 nitrogen and oxygen atoms in total. The number of ether oxygens (including phenoxy) is 1. The second kappa shape index (κ2) is 5.30. The number of rotatable bonds is 3. The number of nitrogen functional groups attached to an aromatic ring is 1. The highest BCUT2D eigenvalue weighted by molar-refractivity contribution is 6.31. The number of anilines is 1. The average molecular weight is 268 g/mol. The van der Waals surface area contributed by atoms with Crippen LogP contribution >= 0.6 is 23.2 Å². The molecule has 2 aromatic rings. The van der Waals surface area contributed by atoms with E-state index in [1.165, 1.54) is 0 Å². The van der Waals surface area contributed by atoms with Crippen LogP contribution in [0.2, 0.25) is 10.0 Å². The third kappa shape index (κ3) is 3.05. The van der Waals surface area contributed by atoms with E-state index in [1.807, 2.05) is 24.3 Å². The van der Waals surface area contributed by atoms with Crippen LogP contribution in [0, 0.1) is 0 Å². The van der Waals surface area contributed by atoms with Crippen LogP contribution in [0.3, 0.4) is 0 Å². The molecule has 0 amide bonds. The fourth-order valence-electron chi connectivity index (χ4n) is 1.42. The highest BCUT2D eigenvalue weighted by atomic mass is 35.5. The molecule has 0 aromatic heterocycles. The second-order valence-electron chi connectivity index (χ2n) is 3.56. The lowest BCUT2D eigenvalue weighted by Gasteiger charge is -2.10. The second-order valence-corrected chi connectivity index (χ2v) is 4.41. The lowest BCUT2D eigenvalue weighted by atomic mass is 10.2. The van der Waals surface area contributed by atoms with Crippen LogP contribution in [-0.2, 0) is 6.61 Å². The Morgan fingerprint density at radius 1 is 1.06 bits per heavy atom. The quantitative estimate of drug-likeness (QED) is 0.848. The van der Waals surface area contributed by atoms with Gasteiger partial charge in [0.15, 0.2) is 0 Å². The normalized spacial score (nSPS) is 10.2. The van der Waals surface area contributed by atoms with Crippen molar-refractivity contribution in [2.75, 3.05) is 5.73 Å². The summed E-state index contributed by atoms with van der Waals surface area (Å²) in [5, 5.41) is 1.27. The van der Waals surface area contributed by atoms with Crippen LogP contribution < -0.4 is 10.5 Å². The van der Waals surface area contributed by atoms with Gasteiger partial charge in [0.05, 0.1) is 5.69 Å². The van der Waals surface area contributed by atoms with Gasteiger partial charge >= 0.3 is 0 Å². The highest BCUT2D eigenvalue weighted by Gasteiger charge is 2.03. The number of benzene rings is 2. The first kappa shape index (κ1) is 12.1. The Labute approximate surface area is 110 Å². The molecule has 0 fully saturated rings. The van der Waals surface area contributed by atoms with Crippen LogP contribution in [0.1, 0.15) is 5.56 Å². The number of hydrogen-bond donors (Lipinski definition) is 1. The lowest BCUT2D eigenvalue weighted by molar-refractivity contribution is 0.308. The van der Waals surface area contributed by atoms with E-state index >= 15 is 0 Å². The maximum Gasteiger partial charge on any atom is 0.142 e. The molecule has 0 bridgehead atoms. The van der Waals surface area contributed by atoms with Crippen molar-refractivity contribution in [2.45, 2.75) is 6.61 Å². The van der Waals surface area contributed by atoms with Gasteiger partial charge in [-0.15, -0.1) is 0 Å². The summed E-state index contributed by atoms with van der Waals surface area (Å²) in [6, 6.07) is 12.7. The summed E-state index contributed by atoms with van der Waals surface area (Å²) in [6.07, 6.45) is 0. The summed E-state index contributed by atoms with van der Waals surface area (Å²) in [7, 11) is 0. The summed E-state index contributed by atoms with van der Waals surface area (Å²) in [6.45, 7) is 0.380. The minimum Gasteiger partial charge on any atom is -0.487 e. The molecule has 17 heavy (non-hydrogen) atoms. The third-order valence-electron chi connectivity index (χ3n) is 2.31. The molecule has 0 aliphatic heterocycles. The molecule has 2 rings (SSSR count). The molecule has 0 heterocycles. The zero-order chi connectivity index (χ0) is 12.3. The van der Waals surface area contributed by atoms with Crippen molar-refractivity contribution >= 4 is 28.9 Å². The monoisotopic (exact) mass is 267 g/mol. The predicted molar refractivity (Wildman–Crippen MR) is 71.6 cm³/mol. The molecular formula is C13H11Cl2NO. The molecule has 2 N–H and O–H groups in total.